The van der Waals surface area contributed by atoms with E-state index in [1.807, 2.05) is 6.92 Å². The highest BCUT2D eigenvalue weighted by Crippen LogP contribution is 2.38. The van der Waals surface area contributed by atoms with E-state index in [1.165, 1.54) is 16.9 Å². The zero-order chi connectivity index (χ0) is 18.5. The molecule has 0 amide bonds. The van der Waals surface area contributed by atoms with E-state index in [0.717, 1.165) is 56.7 Å². The number of nitrogens with zero attached hydrogens (tertiary/aromatic N) is 1. The fraction of sp³-hybridized carbons (Fsp3) is 0.684. The smallest absolute Gasteiger partial charge is 0.341 e. The fourth-order valence-corrected chi connectivity index (χ4v) is 5.41. The topological polar surface area (TPSA) is 53.6 Å². The van der Waals surface area contributed by atoms with Crippen LogP contribution in [-0.4, -0.2) is 48.3 Å². The third kappa shape index (κ3) is 4.56. The number of nitrogens with one attached hydrogen (secondary N) is 2. The van der Waals surface area contributed by atoms with Crippen LogP contribution < -0.4 is 10.6 Å². The second-order valence-electron chi connectivity index (χ2n) is 6.94. The van der Waals surface area contributed by atoms with Crippen LogP contribution in [0.1, 0.15) is 60.3 Å². The van der Waals surface area contributed by atoms with Crippen molar-refractivity contribution < 1.29 is 9.53 Å². The lowest BCUT2D eigenvalue weighted by atomic mass is 9.95. The predicted octanol–water partition coefficient (Wildman–Crippen LogP) is 3.57. The van der Waals surface area contributed by atoms with E-state index in [9.17, 15) is 4.79 Å². The molecule has 2 heterocycles. The summed E-state index contributed by atoms with van der Waals surface area (Å²) in [5.41, 5.74) is 1.87. The van der Waals surface area contributed by atoms with Gasteiger partial charge in [-0.2, -0.15) is 0 Å². The maximum atomic E-state index is 12.5. The Hall–Kier alpha value is -1.18. The molecule has 0 saturated carbocycles. The number of esters is 1. The Bertz CT molecular complexity index is 651. The molecule has 2 aliphatic rings. The molecule has 1 aliphatic heterocycles. The monoisotopic (exact) mass is 395 g/mol. The van der Waals surface area contributed by atoms with Crippen molar-refractivity contribution in [2.45, 2.75) is 58.4 Å². The van der Waals surface area contributed by atoms with Crippen molar-refractivity contribution in [3.05, 3.63) is 16.0 Å². The Morgan fingerprint density at radius 1 is 1.27 bits per heavy atom. The first-order valence-corrected chi connectivity index (χ1v) is 11.0. The fourth-order valence-electron chi connectivity index (χ4n) is 3.79. The predicted molar refractivity (Wildman–Crippen MR) is 111 cm³/mol. The molecule has 7 heteroatoms. The molecule has 1 aliphatic carbocycles. The summed E-state index contributed by atoms with van der Waals surface area (Å²) in [6.45, 7) is 7.77. The molecule has 0 spiro atoms. The van der Waals surface area contributed by atoms with Crippen LogP contribution in [0.2, 0.25) is 0 Å². The van der Waals surface area contributed by atoms with Gasteiger partial charge in [0, 0.05) is 24.0 Å². The van der Waals surface area contributed by atoms with E-state index < -0.39 is 0 Å². The molecule has 1 aromatic rings. The van der Waals surface area contributed by atoms with Crippen molar-refractivity contribution in [3.63, 3.8) is 0 Å². The number of hydrogen-bond donors (Lipinski definition) is 2. The van der Waals surface area contributed by atoms with Crippen molar-refractivity contribution in [1.29, 1.82) is 0 Å². The molecular weight excluding hydrogens is 366 g/mol. The number of thiocarbonyl (C=S) groups is 1. The van der Waals surface area contributed by atoms with Crippen molar-refractivity contribution in [3.8, 4) is 0 Å². The summed E-state index contributed by atoms with van der Waals surface area (Å²) in [4.78, 5) is 16.3. The Balaban J connectivity index is 1.67. The summed E-state index contributed by atoms with van der Waals surface area (Å²) in [6, 6.07) is 0.401. The summed E-state index contributed by atoms with van der Waals surface area (Å²) < 4.78 is 5.31. The second-order valence-corrected chi connectivity index (χ2v) is 8.46. The van der Waals surface area contributed by atoms with Crippen LogP contribution in [0.3, 0.4) is 0 Å². The first-order valence-electron chi connectivity index (χ1n) is 9.73. The van der Waals surface area contributed by atoms with Crippen molar-refractivity contribution >= 4 is 39.6 Å². The molecule has 3 rings (SSSR count). The molecule has 1 fully saturated rings. The molecular formula is C19H29N3O2S2. The van der Waals surface area contributed by atoms with E-state index in [2.05, 4.69) is 22.5 Å². The standard InChI is InChI=1S/C19H29N3O2S2/c1-3-22-11-9-13(10-12-22)20-19(25)21-17-16(18(23)24-4-2)14-7-5-6-8-15(14)26-17/h13H,3-12H2,1-2H3,(H2,20,21,25). The summed E-state index contributed by atoms with van der Waals surface area (Å²) in [5.74, 6) is -0.228. The van der Waals surface area contributed by atoms with Gasteiger partial charge in [-0.25, -0.2) is 4.79 Å². The lowest BCUT2D eigenvalue weighted by Crippen LogP contribution is -2.45. The number of ether oxygens (including phenoxy) is 1. The minimum Gasteiger partial charge on any atom is -0.462 e. The number of fused-ring (bicyclic) bond motifs is 1. The molecule has 0 aromatic carbocycles. The first kappa shape index (κ1) is 19.6. The third-order valence-corrected chi connectivity index (χ3v) is 6.68. The number of thiophene rings is 1. The maximum Gasteiger partial charge on any atom is 0.341 e. The van der Waals surface area contributed by atoms with Crippen LogP contribution in [0, 0.1) is 0 Å². The molecule has 2 N–H and O–H groups in total. The van der Waals surface area contributed by atoms with Gasteiger partial charge in [-0.1, -0.05) is 6.92 Å². The number of anilines is 1. The van der Waals surface area contributed by atoms with Gasteiger partial charge in [-0.15, -0.1) is 11.3 Å². The lowest BCUT2D eigenvalue weighted by Gasteiger charge is -2.32. The van der Waals surface area contributed by atoms with Gasteiger partial charge in [0.2, 0.25) is 0 Å². The van der Waals surface area contributed by atoms with E-state index in [0.29, 0.717) is 23.3 Å². The van der Waals surface area contributed by atoms with Crippen LogP contribution >= 0.6 is 23.6 Å². The average molecular weight is 396 g/mol. The lowest BCUT2D eigenvalue weighted by molar-refractivity contribution is 0.0526. The highest BCUT2D eigenvalue weighted by Gasteiger charge is 2.27. The number of hydrogen-bond acceptors (Lipinski definition) is 5. The van der Waals surface area contributed by atoms with E-state index in [-0.39, 0.29) is 5.97 Å². The van der Waals surface area contributed by atoms with Gasteiger partial charge in [0.1, 0.15) is 5.00 Å². The van der Waals surface area contributed by atoms with Crippen LogP contribution in [0.25, 0.3) is 0 Å². The minimum absolute atomic E-state index is 0.228. The Labute approximate surface area is 165 Å². The third-order valence-electron chi connectivity index (χ3n) is 5.25. The first-order chi connectivity index (χ1) is 12.6. The zero-order valence-corrected chi connectivity index (χ0v) is 17.4. The van der Waals surface area contributed by atoms with Crippen molar-refractivity contribution in [2.24, 2.45) is 0 Å². The Morgan fingerprint density at radius 2 is 2.00 bits per heavy atom. The van der Waals surface area contributed by atoms with Crippen LogP contribution in [0.5, 0.6) is 0 Å². The molecule has 26 heavy (non-hydrogen) atoms. The maximum absolute atomic E-state index is 12.5. The molecule has 144 valence electrons. The van der Waals surface area contributed by atoms with Crippen molar-refractivity contribution in [1.82, 2.24) is 10.2 Å². The second kappa shape index (κ2) is 9.15. The SMILES string of the molecule is CCOC(=O)c1c(NC(=S)NC2CCN(CC)CC2)sc2c1CCCC2. The average Bonchev–Trinajstić information content (AvgIpc) is 3.00. The molecule has 1 saturated heterocycles. The van der Waals surface area contributed by atoms with Crippen LogP contribution in [0.4, 0.5) is 5.00 Å². The summed E-state index contributed by atoms with van der Waals surface area (Å²) in [6.07, 6.45) is 6.52. The van der Waals surface area contributed by atoms with Gasteiger partial charge in [-0.3, -0.25) is 0 Å². The number of aryl methyl sites for hydroxylation is 1. The van der Waals surface area contributed by atoms with E-state index in [1.54, 1.807) is 11.3 Å². The summed E-state index contributed by atoms with van der Waals surface area (Å²) in [7, 11) is 0. The minimum atomic E-state index is -0.228. The van der Waals surface area contributed by atoms with E-state index in [4.69, 9.17) is 17.0 Å². The highest BCUT2D eigenvalue weighted by molar-refractivity contribution is 7.80. The van der Waals surface area contributed by atoms with Gasteiger partial charge in [-0.05, 0) is 69.8 Å². The molecule has 1 aromatic heterocycles. The molecule has 0 atom stereocenters. The van der Waals surface area contributed by atoms with Gasteiger partial charge < -0.3 is 20.3 Å². The Morgan fingerprint density at radius 3 is 2.69 bits per heavy atom. The molecule has 0 bridgehead atoms. The van der Waals surface area contributed by atoms with Gasteiger partial charge >= 0.3 is 5.97 Å². The number of piperidine rings is 1. The molecule has 5 nitrogen and oxygen atoms in total. The van der Waals surface area contributed by atoms with Crippen LogP contribution in [0.15, 0.2) is 0 Å². The number of carbonyl (C=O) groups excluding carboxylic acids is 1. The zero-order valence-electron chi connectivity index (χ0n) is 15.7. The van der Waals surface area contributed by atoms with Gasteiger partial charge in [0.15, 0.2) is 5.11 Å². The molecule has 0 radical (unpaired) electrons. The van der Waals surface area contributed by atoms with E-state index >= 15 is 0 Å². The number of rotatable bonds is 5. The molecule has 0 unspecified atom stereocenters. The summed E-state index contributed by atoms with van der Waals surface area (Å²) >= 11 is 7.21. The van der Waals surface area contributed by atoms with Gasteiger partial charge in [0.05, 0.1) is 12.2 Å². The number of carbonyl (C=O) groups is 1. The van der Waals surface area contributed by atoms with Crippen LogP contribution in [-0.2, 0) is 17.6 Å². The highest BCUT2D eigenvalue weighted by atomic mass is 32.1. The quantitative estimate of drug-likeness (QED) is 0.587. The largest absolute Gasteiger partial charge is 0.462 e. The number of likely N-dealkylation sites (tertiary alicyclic amines) is 1. The summed E-state index contributed by atoms with van der Waals surface area (Å²) in [5, 5.41) is 8.20. The van der Waals surface area contributed by atoms with Crippen molar-refractivity contribution in [2.75, 3.05) is 31.6 Å². The Kier molecular flexibility index (Phi) is 6.89. The normalized spacial score (nSPS) is 18.2. The van der Waals surface area contributed by atoms with Gasteiger partial charge in [0.25, 0.3) is 0 Å².